The van der Waals surface area contributed by atoms with Crippen LogP contribution in [0.5, 0.6) is 0 Å². The van der Waals surface area contributed by atoms with Crippen LogP contribution in [0.15, 0.2) is 171 Å². The number of benzene rings is 7. The molecule has 0 spiro atoms. The fourth-order valence-corrected chi connectivity index (χ4v) is 10.1. The van der Waals surface area contributed by atoms with E-state index >= 15 is 0 Å². The minimum absolute atomic E-state index is 0.175. The second-order valence-corrected chi connectivity index (χ2v) is 15.1. The van der Waals surface area contributed by atoms with E-state index in [2.05, 4.69) is 163 Å². The molecule has 2 aliphatic heterocycles. The molecule has 2 heterocycles. The summed E-state index contributed by atoms with van der Waals surface area (Å²) in [6, 6.07) is 56.4. The van der Waals surface area contributed by atoms with Crippen LogP contribution in [0.1, 0.15) is 16.7 Å². The van der Waals surface area contributed by atoms with Gasteiger partial charge in [0.2, 0.25) is 6.71 Å². The number of fused-ring (bicyclic) bond motifs is 7. The lowest BCUT2D eigenvalue weighted by Gasteiger charge is -2.42. The van der Waals surface area contributed by atoms with Crippen molar-refractivity contribution in [1.29, 1.82) is 0 Å². The summed E-state index contributed by atoms with van der Waals surface area (Å²) in [6.07, 6.45) is 0.968. The summed E-state index contributed by atoms with van der Waals surface area (Å²) < 4.78 is 0. The standard InChI is InChI=1S/C44H30BNS2/c1-28-22-23-42-43-44(28)46(39-20-9-7-18-35(39)30-13-11-16-33(25-30)47-32-14-3-2-4-15-32)40-26-31-24-29-12-5-6-17-34(29)36(31)27-38(40)45(43)37-19-8-10-21-41(37)48-42/h2-23,25-27H,24H2,1H3. The summed E-state index contributed by atoms with van der Waals surface area (Å²) in [4.78, 5) is 7.81. The zero-order valence-electron chi connectivity index (χ0n) is 26.5. The normalized spacial score (nSPS) is 13.4. The first-order valence-electron chi connectivity index (χ1n) is 16.6. The minimum atomic E-state index is 0.175. The molecule has 0 amide bonds. The van der Waals surface area contributed by atoms with Crippen molar-refractivity contribution >= 4 is 63.7 Å². The van der Waals surface area contributed by atoms with Crippen molar-refractivity contribution in [3.63, 3.8) is 0 Å². The van der Waals surface area contributed by atoms with Gasteiger partial charge in [-0.2, -0.15) is 0 Å². The largest absolute Gasteiger partial charge is 0.311 e. The van der Waals surface area contributed by atoms with Gasteiger partial charge in [0, 0.05) is 36.5 Å². The van der Waals surface area contributed by atoms with Gasteiger partial charge in [-0.1, -0.05) is 132 Å². The molecule has 0 radical (unpaired) electrons. The summed E-state index contributed by atoms with van der Waals surface area (Å²) in [7, 11) is 0. The van der Waals surface area contributed by atoms with Gasteiger partial charge in [-0.15, -0.1) is 0 Å². The summed E-state index contributed by atoms with van der Waals surface area (Å²) in [5.74, 6) is 0. The van der Waals surface area contributed by atoms with Crippen molar-refractivity contribution in [3.8, 4) is 22.3 Å². The van der Waals surface area contributed by atoms with E-state index in [1.807, 2.05) is 23.5 Å². The first-order valence-corrected chi connectivity index (χ1v) is 18.2. The molecular formula is C44H30BNS2. The number of hydrogen-bond acceptors (Lipinski definition) is 3. The number of hydrogen-bond donors (Lipinski definition) is 0. The summed E-state index contributed by atoms with van der Waals surface area (Å²) in [5.41, 5.74) is 17.4. The number of aryl methyl sites for hydroxylation is 1. The molecule has 0 saturated carbocycles. The van der Waals surface area contributed by atoms with E-state index in [1.54, 1.807) is 0 Å². The average Bonchev–Trinajstić information content (AvgIpc) is 3.50. The van der Waals surface area contributed by atoms with Crippen LogP contribution in [0, 0.1) is 6.92 Å². The molecule has 0 saturated heterocycles. The molecule has 0 aromatic heterocycles. The molecule has 0 unspecified atom stereocenters. The summed E-state index contributed by atoms with van der Waals surface area (Å²) in [5, 5.41) is 0. The number of anilines is 3. The molecule has 48 heavy (non-hydrogen) atoms. The quantitative estimate of drug-likeness (QED) is 0.175. The molecule has 1 aliphatic carbocycles. The Hall–Kier alpha value is -4.90. The molecule has 7 aromatic rings. The van der Waals surface area contributed by atoms with Crippen molar-refractivity contribution in [1.82, 2.24) is 0 Å². The number of nitrogens with zero attached hydrogens (tertiary/aromatic N) is 1. The minimum Gasteiger partial charge on any atom is -0.311 e. The molecular weight excluding hydrogens is 617 g/mol. The Morgan fingerprint density at radius 1 is 0.562 bits per heavy atom. The van der Waals surface area contributed by atoms with Crippen molar-refractivity contribution in [2.75, 3.05) is 4.90 Å². The average molecular weight is 648 g/mol. The van der Waals surface area contributed by atoms with Gasteiger partial charge in [0.1, 0.15) is 0 Å². The Morgan fingerprint density at radius 2 is 1.33 bits per heavy atom. The lowest BCUT2D eigenvalue weighted by atomic mass is 9.34. The first-order chi connectivity index (χ1) is 23.7. The first kappa shape index (κ1) is 28.1. The van der Waals surface area contributed by atoms with Gasteiger partial charge in [0.15, 0.2) is 0 Å². The highest BCUT2D eigenvalue weighted by atomic mass is 32.2. The van der Waals surface area contributed by atoms with Gasteiger partial charge in [-0.25, -0.2) is 0 Å². The number of rotatable bonds is 4. The van der Waals surface area contributed by atoms with Crippen LogP contribution in [0.25, 0.3) is 22.3 Å². The zero-order chi connectivity index (χ0) is 31.8. The third-order valence-corrected chi connectivity index (χ3v) is 12.3. The molecule has 4 heteroatoms. The SMILES string of the molecule is Cc1ccc2c3c1N(c1ccccc1-c1cccc(Sc4ccccc4)c1)c1cc4c(cc1B3c1ccccc1S2)-c1ccccc1C4. The molecule has 7 aromatic carbocycles. The Bertz CT molecular complexity index is 2420. The molecule has 1 nitrogen and oxygen atoms in total. The van der Waals surface area contributed by atoms with E-state index in [4.69, 9.17) is 0 Å². The van der Waals surface area contributed by atoms with Crippen LogP contribution >= 0.6 is 23.5 Å². The van der Waals surface area contributed by atoms with Crippen molar-refractivity contribution in [3.05, 3.63) is 168 Å². The van der Waals surface area contributed by atoms with E-state index in [-0.39, 0.29) is 6.71 Å². The fraction of sp³-hybridized carbons (Fsp3) is 0.0455. The molecule has 0 bridgehead atoms. The van der Waals surface area contributed by atoms with E-state index in [1.165, 1.54) is 92.0 Å². The fourth-order valence-electron chi connectivity index (χ4n) is 8.02. The van der Waals surface area contributed by atoms with Crippen LogP contribution < -0.4 is 21.3 Å². The number of para-hydroxylation sites is 1. The van der Waals surface area contributed by atoms with E-state index in [9.17, 15) is 0 Å². The summed E-state index contributed by atoms with van der Waals surface area (Å²) >= 11 is 3.73. The van der Waals surface area contributed by atoms with E-state index < -0.39 is 0 Å². The summed E-state index contributed by atoms with van der Waals surface area (Å²) in [6.45, 7) is 2.47. The van der Waals surface area contributed by atoms with Crippen molar-refractivity contribution in [2.45, 2.75) is 32.9 Å². The highest BCUT2D eigenvalue weighted by Crippen LogP contribution is 2.48. The van der Waals surface area contributed by atoms with Crippen LogP contribution in [0.2, 0.25) is 0 Å². The van der Waals surface area contributed by atoms with Gasteiger partial charge in [-0.3, -0.25) is 0 Å². The van der Waals surface area contributed by atoms with Crippen LogP contribution in [0.4, 0.5) is 17.1 Å². The van der Waals surface area contributed by atoms with Gasteiger partial charge in [0.05, 0.1) is 5.69 Å². The third kappa shape index (κ3) is 4.36. The Morgan fingerprint density at radius 3 is 2.25 bits per heavy atom. The second-order valence-electron chi connectivity index (χ2n) is 12.9. The van der Waals surface area contributed by atoms with Gasteiger partial charge in [0.25, 0.3) is 0 Å². The van der Waals surface area contributed by atoms with Crippen LogP contribution in [0.3, 0.4) is 0 Å². The lowest BCUT2D eigenvalue weighted by Crippen LogP contribution is -2.60. The van der Waals surface area contributed by atoms with E-state index in [0.29, 0.717) is 0 Å². The van der Waals surface area contributed by atoms with Crippen molar-refractivity contribution in [2.24, 2.45) is 0 Å². The van der Waals surface area contributed by atoms with Crippen LogP contribution in [-0.2, 0) is 6.42 Å². The Kier molecular flexibility index (Phi) is 6.50. The molecule has 0 fully saturated rings. The van der Waals surface area contributed by atoms with Gasteiger partial charge >= 0.3 is 0 Å². The predicted molar refractivity (Wildman–Crippen MR) is 205 cm³/mol. The third-order valence-electron chi connectivity index (χ3n) is 10.1. The Labute approximate surface area is 290 Å². The zero-order valence-corrected chi connectivity index (χ0v) is 28.1. The smallest absolute Gasteiger partial charge is 0.249 e. The highest BCUT2D eigenvalue weighted by Gasteiger charge is 2.42. The maximum absolute atomic E-state index is 2.60. The maximum Gasteiger partial charge on any atom is 0.249 e. The highest BCUT2D eigenvalue weighted by molar-refractivity contribution is 8.00. The monoisotopic (exact) mass is 647 g/mol. The molecule has 0 atom stereocenters. The molecule has 10 rings (SSSR count). The van der Waals surface area contributed by atoms with Crippen LogP contribution in [-0.4, -0.2) is 6.71 Å². The Balaban J connectivity index is 1.22. The molecule has 3 aliphatic rings. The van der Waals surface area contributed by atoms with Gasteiger partial charge < -0.3 is 4.90 Å². The lowest BCUT2D eigenvalue weighted by molar-refractivity contribution is 1.21. The van der Waals surface area contributed by atoms with Crippen molar-refractivity contribution < 1.29 is 0 Å². The molecule has 226 valence electrons. The predicted octanol–water partition coefficient (Wildman–Crippen LogP) is 10.1. The molecule has 0 N–H and O–H groups in total. The topological polar surface area (TPSA) is 3.24 Å². The maximum atomic E-state index is 2.60. The van der Waals surface area contributed by atoms with Gasteiger partial charge in [-0.05, 0) is 106 Å². The second kappa shape index (κ2) is 11.1. The van der Waals surface area contributed by atoms with E-state index in [0.717, 1.165) is 6.42 Å².